The Morgan fingerprint density at radius 1 is 1.13 bits per heavy atom. The molecular formula is C19H34N2O2. The van der Waals surface area contributed by atoms with Gasteiger partial charge in [-0.3, -0.25) is 0 Å². The van der Waals surface area contributed by atoms with E-state index < -0.39 is 5.60 Å². The highest BCUT2D eigenvalue weighted by molar-refractivity contribution is 5.69. The first kappa shape index (κ1) is 17.1. The van der Waals surface area contributed by atoms with Gasteiger partial charge >= 0.3 is 6.09 Å². The summed E-state index contributed by atoms with van der Waals surface area (Å²) in [6.07, 6.45) is 10.2. The summed E-state index contributed by atoms with van der Waals surface area (Å²) in [4.78, 5) is 14.6. The molecule has 3 rings (SSSR count). The molecule has 1 heterocycles. The lowest BCUT2D eigenvalue weighted by molar-refractivity contribution is 0.0167. The number of amides is 1. The Kier molecular flexibility index (Phi) is 5.19. The van der Waals surface area contributed by atoms with Crippen LogP contribution in [-0.2, 0) is 4.74 Å². The molecule has 3 atom stereocenters. The predicted molar refractivity (Wildman–Crippen MR) is 92.4 cm³/mol. The van der Waals surface area contributed by atoms with Crippen LogP contribution < -0.4 is 5.32 Å². The number of rotatable bonds is 5. The summed E-state index contributed by atoms with van der Waals surface area (Å²) in [6.45, 7) is 7.88. The standard InChI is InChI=1S/C19H34N2O2/c1-19(2,3)23-18(22)21-13-5-8-17(21)15-6-4-7-16(15)20-12-11-14-9-10-14/h14-17,20H,4-13H2,1-3H3. The highest BCUT2D eigenvalue weighted by Crippen LogP contribution is 2.37. The lowest BCUT2D eigenvalue weighted by Crippen LogP contribution is -2.47. The molecule has 1 aliphatic heterocycles. The van der Waals surface area contributed by atoms with Crippen molar-refractivity contribution < 1.29 is 9.53 Å². The molecule has 4 heteroatoms. The topological polar surface area (TPSA) is 41.6 Å². The maximum absolute atomic E-state index is 12.5. The van der Waals surface area contributed by atoms with Crippen molar-refractivity contribution >= 4 is 6.09 Å². The Bertz CT molecular complexity index is 414. The van der Waals surface area contributed by atoms with E-state index in [0.29, 0.717) is 18.0 Å². The highest BCUT2D eigenvalue weighted by Gasteiger charge is 2.41. The number of carbonyl (C=O) groups excluding carboxylic acids is 1. The molecule has 4 nitrogen and oxygen atoms in total. The van der Waals surface area contributed by atoms with Crippen LogP contribution >= 0.6 is 0 Å². The third-order valence-electron chi connectivity index (χ3n) is 5.65. The van der Waals surface area contributed by atoms with Gasteiger partial charge in [0.25, 0.3) is 0 Å². The van der Waals surface area contributed by atoms with E-state index in [4.69, 9.17) is 4.74 Å². The first-order valence-electron chi connectivity index (χ1n) is 9.67. The number of nitrogens with zero attached hydrogens (tertiary/aromatic N) is 1. The minimum Gasteiger partial charge on any atom is -0.444 e. The second-order valence-corrected chi connectivity index (χ2v) is 8.77. The van der Waals surface area contributed by atoms with Crippen molar-refractivity contribution in [3.63, 3.8) is 0 Å². The summed E-state index contributed by atoms with van der Waals surface area (Å²) in [7, 11) is 0. The van der Waals surface area contributed by atoms with Gasteiger partial charge in [-0.2, -0.15) is 0 Å². The first-order valence-corrected chi connectivity index (χ1v) is 9.67. The molecule has 3 aliphatic rings. The largest absolute Gasteiger partial charge is 0.444 e. The number of likely N-dealkylation sites (tertiary alicyclic amines) is 1. The molecule has 2 saturated carbocycles. The smallest absolute Gasteiger partial charge is 0.410 e. The van der Waals surface area contributed by atoms with Crippen LogP contribution in [0.5, 0.6) is 0 Å². The van der Waals surface area contributed by atoms with E-state index in [-0.39, 0.29) is 6.09 Å². The fourth-order valence-corrected chi connectivity index (χ4v) is 4.37. The van der Waals surface area contributed by atoms with Crippen molar-refractivity contribution in [3.8, 4) is 0 Å². The molecule has 1 saturated heterocycles. The van der Waals surface area contributed by atoms with Crippen LogP contribution in [0.4, 0.5) is 4.79 Å². The molecule has 132 valence electrons. The van der Waals surface area contributed by atoms with Crippen LogP contribution in [0.25, 0.3) is 0 Å². The molecule has 0 aromatic rings. The maximum atomic E-state index is 12.5. The van der Waals surface area contributed by atoms with Crippen molar-refractivity contribution in [2.45, 2.75) is 89.8 Å². The van der Waals surface area contributed by atoms with E-state index in [1.807, 2.05) is 25.7 Å². The number of hydrogen-bond donors (Lipinski definition) is 1. The van der Waals surface area contributed by atoms with Crippen LogP contribution in [0.15, 0.2) is 0 Å². The van der Waals surface area contributed by atoms with E-state index in [1.165, 1.54) is 38.5 Å². The number of carbonyl (C=O) groups is 1. The third-order valence-corrected chi connectivity index (χ3v) is 5.65. The van der Waals surface area contributed by atoms with Crippen LogP contribution in [0.3, 0.4) is 0 Å². The van der Waals surface area contributed by atoms with Crippen molar-refractivity contribution in [2.75, 3.05) is 13.1 Å². The third kappa shape index (κ3) is 4.62. The van der Waals surface area contributed by atoms with E-state index >= 15 is 0 Å². The van der Waals surface area contributed by atoms with Crippen LogP contribution in [-0.4, -0.2) is 41.8 Å². The lowest BCUT2D eigenvalue weighted by atomic mass is 9.92. The Balaban J connectivity index is 1.55. The van der Waals surface area contributed by atoms with Gasteiger partial charge in [-0.15, -0.1) is 0 Å². The molecule has 1 N–H and O–H groups in total. The van der Waals surface area contributed by atoms with Gasteiger partial charge in [-0.25, -0.2) is 4.79 Å². The van der Waals surface area contributed by atoms with Gasteiger partial charge in [0.2, 0.25) is 0 Å². The zero-order valence-corrected chi connectivity index (χ0v) is 15.1. The van der Waals surface area contributed by atoms with E-state index in [9.17, 15) is 4.79 Å². The molecule has 0 radical (unpaired) electrons. The summed E-state index contributed by atoms with van der Waals surface area (Å²) in [5.74, 6) is 1.61. The molecule has 0 aromatic carbocycles. The quantitative estimate of drug-likeness (QED) is 0.833. The Morgan fingerprint density at radius 3 is 2.61 bits per heavy atom. The zero-order chi connectivity index (χ0) is 16.4. The van der Waals surface area contributed by atoms with Gasteiger partial charge in [-0.05, 0) is 71.3 Å². The van der Waals surface area contributed by atoms with E-state index in [0.717, 1.165) is 31.8 Å². The van der Waals surface area contributed by atoms with Crippen molar-refractivity contribution in [1.82, 2.24) is 10.2 Å². The Labute approximate surface area is 141 Å². The fraction of sp³-hybridized carbons (Fsp3) is 0.947. The minimum absolute atomic E-state index is 0.108. The Hall–Kier alpha value is -0.770. The van der Waals surface area contributed by atoms with Crippen molar-refractivity contribution in [2.24, 2.45) is 11.8 Å². The molecule has 2 aliphatic carbocycles. The van der Waals surface area contributed by atoms with E-state index in [2.05, 4.69) is 5.32 Å². The molecule has 0 aromatic heterocycles. The van der Waals surface area contributed by atoms with Crippen LogP contribution in [0.1, 0.15) is 72.1 Å². The molecule has 3 unspecified atom stereocenters. The van der Waals surface area contributed by atoms with Gasteiger partial charge in [0, 0.05) is 18.6 Å². The average molecular weight is 322 g/mol. The predicted octanol–water partition coefficient (Wildman–Crippen LogP) is 3.94. The molecule has 0 spiro atoms. The normalized spacial score (nSPS) is 31.6. The molecule has 23 heavy (non-hydrogen) atoms. The minimum atomic E-state index is -0.401. The number of nitrogens with one attached hydrogen (secondary N) is 1. The maximum Gasteiger partial charge on any atom is 0.410 e. The molecule has 0 bridgehead atoms. The Morgan fingerprint density at radius 2 is 1.91 bits per heavy atom. The van der Waals surface area contributed by atoms with Gasteiger partial charge in [0.15, 0.2) is 0 Å². The summed E-state index contributed by atoms with van der Waals surface area (Å²) in [5.41, 5.74) is -0.401. The molecule has 1 amide bonds. The highest BCUT2D eigenvalue weighted by atomic mass is 16.6. The SMILES string of the molecule is CC(C)(C)OC(=O)N1CCCC1C1CCCC1NCCC1CC1. The van der Waals surface area contributed by atoms with E-state index in [1.54, 1.807) is 0 Å². The number of hydrogen-bond acceptors (Lipinski definition) is 3. The second kappa shape index (κ2) is 7.00. The molecule has 3 fully saturated rings. The zero-order valence-electron chi connectivity index (χ0n) is 15.1. The average Bonchev–Trinajstić information content (AvgIpc) is 2.98. The van der Waals surface area contributed by atoms with Gasteiger partial charge in [0.05, 0.1) is 0 Å². The van der Waals surface area contributed by atoms with Crippen molar-refractivity contribution in [3.05, 3.63) is 0 Å². The van der Waals surface area contributed by atoms with Crippen molar-refractivity contribution in [1.29, 1.82) is 0 Å². The van der Waals surface area contributed by atoms with Gasteiger partial charge in [0.1, 0.15) is 5.60 Å². The monoisotopic (exact) mass is 322 g/mol. The summed E-state index contributed by atoms with van der Waals surface area (Å²) in [6, 6.07) is 0.979. The van der Waals surface area contributed by atoms with Crippen LogP contribution in [0, 0.1) is 11.8 Å². The molecular weight excluding hydrogens is 288 g/mol. The summed E-state index contributed by atoms with van der Waals surface area (Å²) in [5, 5.41) is 3.81. The van der Waals surface area contributed by atoms with Crippen LogP contribution in [0.2, 0.25) is 0 Å². The number of ether oxygens (including phenoxy) is 1. The van der Waals surface area contributed by atoms with Gasteiger partial charge < -0.3 is 15.0 Å². The first-order chi connectivity index (χ1) is 10.9. The fourth-order valence-electron chi connectivity index (χ4n) is 4.37. The van der Waals surface area contributed by atoms with Gasteiger partial charge in [-0.1, -0.05) is 19.3 Å². The lowest BCUT2D eigenvalue weighted by Gasteiger charge is -2.34. The second-order valence-electron chi connectivity index (χ2n) is 8.77. The summed E-state index contributed by atoms with van der Waals surface area (Å²) >= 11 is 0. The summed E-state index contributed by atoms with van der Waals surface area (Å²) < 4.78 is 5.63.